The molecule has 0 radical (unpaired) electrons. The lowest BCUT2D eigenvalue weighted by Crippen LogP contribution is -2.13. The second kappa shape index (κ2) is 6.01. The van der Waals surface area contributed by atoms with E-state index in [0.29, 0.717) is 17.1 Å². The van der Waals surface area contributed by atoms with E-state index in [1.807, 2.05) is 0 Å². The lowest BCUT2D eigenvalue weighted by molar-refractivity contribution is 0.414. The first-order valence-corrected chi connectivity index (χ1v) is 7.99. The summed E-state index contributed by atoms with van der Waals surface area (Å²) in [6, 6.07) is 8.64. The fraction of sp³-hybridized carbons (Fsp3) is 0.0769. The van der Waals surface area contributed by atoms with E-state index in [9.17, 15) is 8.42 Å². The number of anilines is 2. The van der Waals surface area contributed by atoms with Crippen LogP contribution in [0.3, 0.4) is 0 Å². The van der Waals surface area contributed by atoms with Crippen molar-refractivity contribution < 1.29 is 13.2 Å². The van der Waals surface area contributed by atoms with Crippen LogP contribution in [0, 0.1) is 0 Å². The Morgan fingerprint density at radius 3 is 2.38 bits per heavy atom. The molecule has 0 unspecified atom stereocenters. The monoisotopic (exact) mass is 346 g/mol. The molecule has 0 aliphatic carbocycles. The third-order valence-corrected chi connectivity index (χ3v) is 4.69. The first-order chi connectivity index (χ1) is 9.83. The Hall–Kier alpha value is -1.63. The molecule has 0 bridgehead atoms. The van der Waals surface area contributed by atoms with Crippen molar-refractivity contribution in [2.45, 2.75) is 4.90 Å². The van der Waals surface area contributed by atoms with E-state index < -0.39 is 10.0 Å². The first-order valence-electron chi connectivity index (χ1n) is 5.75. The van der Waals surface area contributed by atoms with Crippen LogP contribution < -0.4 is 15.2 Å². The van der Waals surface area contributed by atoms with Crippen molar-refractivity contribution in [2.75, 3.05) is 17.6 Å². The molecule has 0 saturated carbocycles. The van der Waals surface area contributed by atoms with Crippen LogP contribution in [0.2, 0.25) is 10.0 Å². The molecule has 8 heteroatoms. The molecule has 0 atom stereocenters. The van der Waals surface area contributed by atoms with Crippen molar-refractivity contribution in [1.29, 1.82) is 0 Å². The van der Waals surface area contributed by atoms with Gasteiger partial charge in [-0.1, -0.05) is 23.2 Å². The highest BCUT2D eigenvalue weighted by atomic mass is 35.5. The smallest absolute Gasteiger partial charge is 0.261 e. The molecule has 112 valence electrons. The molecule has 0 fully saturated rings. The normalized spacial score (nSPS) is 11.2. The third kappa shape index (κ3) is 3.53. The molecule has 0 aromatic heterocycles. The molecule has 0 heterocycles. The summed E-state index contributed by atoms with van der Waals surface area (Å²) in [5.74, 6) is 0.395. The standard InChI is InChI=1S/C13H12Cl2N2O3S/c1-20-13-5-3-9(7-11(13)15)21(18,19)17-8-2-4-12(16)10(14)6-8/h2-7,17H,16H2,1H3. The number of ether oxygens (including phenoxy) is 1. The van der Waals surface area contributed by atoms with E-state index in [4.69, 9.17) is 33.7 Å². The van der Waals surface area contributed by atoms with Crippen LogP contribution in [-0.2, 0) is 10.0 Å². The summed E-state index contributed by atoms with van der Waals surface area (Å²) in [6.07, 6.45) is 0. The minimum absolute atomic E-state index is 0.0150. The van der Waals surface area contributed by atoms with E-state index in [1.165, 1.54) is 43.5 Å². The molecule has 21 heavy (non-hydrogen) atoms. The lowest BCUT2D eigenvalue weighted by atomic mass is 10.3. The second-order valence-electron chi connectivity index (χ2n) is 4.14. The van der Waals surface area contributed by atoms with Gasteiger partial charge >= 0.3 is 0 Å². The van der Waals surface area contributed by atoms with Gasteiger partial charge in [-0.15, -0.1) is 0 Å². The summed E-state index contributed by atoms with van der Waals surface area (Å²) in [7, 11) is -2.33. The van der Waals surface area contributed by atoms with Gasteiger partial charge in [-0.3, -0.25) is 4.72 Å². The van der Waals surface area contributed by atoms with Crippen molar-refractivity contribution in [3.63, 3.8) is 0 Å². The van der Waals surface area contributed by atoms with Crippen molar-refractivity contribution in [1.82, 2.24) is 0 Å². The predicted molar refractivity (Wildman–Crippen MR) is 84.7 cm³/mol. The summed E-state index contributed by atoms with van der Waals surface area (Å²) in [5.41, 5.74) is 6.25. The van der Waals surface area contributed by atoms with Gasteiger partial charge in [0.05, 0.1) is 33.4 Å². The molecule has 2 aromatic rings. The Morgan fingerprint density at radius 2 is 1.81 bits per heavy atom. The maximum absolute atomic E-state index is 12.3. The Balaban J connectivity index is 2.33. The number of hydrogen-bond donors (Lipinski definition) is 2. The van der Waals surface area contributed by atoms with Crippen LogP contribution in [0.25, 0.3) is 0 Å². The number of halogens is 2. The Bertz CT molecular complexity index is 779. The van der Waals surface area contributed by atoms with Gasteiger partial charge in [-0.25, -0.2) is 8.42 Å². The molecule has 0 amide bonds. The maximum Gasteiger partial charge on any atom is 0.261 e. The highest BCUT2D eigenvalue weighted by Gasteiger charge is 2.16. The highest BCUT2D eigenvalue weighted by molar-refractivity contribution is 7.92. The van der Waals surface area contributed by atoms with Crippen molar-refractivity contribution in [3.05, 3.63) is 46.4 Å². The predicted octanol–water partition coefficient (Wildman–Crippen LogP) is 3.39. The average molecular weight is 347 g/mol. The largest absolute Gasteiger partial charge is 0.495 e. The molecule has 0 aliphatic rings. The summed E-state index contributed by atoms with van der Waals surface area (Å²) >= 11 is 11.8. The van der Waals surface area contributed by atoms with E-state index in [2.05, 4.69) is 4.72 Å². The van der Waals surface area contributed by atoms with Gasteiger partial charge in [0.1, 0.15) is 5.75 Å². The summed E-state index contributed by atoms with van der Waals surface area (Å²) in [5, 5.41) is 0.471. The molecule has 5 nitrogen and oxygen atoms in total. The third-order valence-electron chi connectivity index (χ3n) is 2.69. The number of methoxy groups -OCH3 is 1. The zero-order valence-corrected chi connectivity index (χ0v) is 13.3. The number of sulfonamides is 1. The van der Waals surface area contributed by atoms with Crippen LogP contribution in [-0.4, -0.2) is 15.5 Å². The molecule has 0 saturated heterocycles. The fourth-order valence-corrected chi connectivity index (χ4v) is 3.20. The van der Waals surface area contributed by atoms with E-state index in [1.54, 1.807) is 0 Å². The number of nitrogens with one attached hydrogen (secondary N) is 1. The van der Waals surface area contributed by atoms with Gasteiger partial charge in [0, 0.05) is 0 Å². The molecule has 2 aromatic carbocycles. The number of hydrogen-bond acceptors (Lipinski definition) is 4. The summed E-state index contributed by atoms with van der Waals surface area (Å²) < 4.78 is 31.9. The van der Waals surface area contributed by atoms with Gasteiger partial charge in [0.15, 0.2) is 0 Å². The van der Waals surface area contributed by atoms with E-state index in [-0.39, 0.29) is 14.9 Å². The molecule has 2 rings (SSSR count). The van der Waals surface area contributed by atoms with Crippen molar-refractivity contribution in [3.8, 4) is 5.75 Å². The quantitative estimate of drug-likeness (QED) is 0.831. The van der Waals surface area contributed by atoms with Crippen LogP contribution in [0.4, 0.5) is 11.4 Å². The molecule has 0 aliphatic heterocycles. The van der Waals surface area contributed by atoms with Gasteiger partial charge in [-0.05, 0) is 36.4 Å². The van der Waals surface area contributed by atoms with Crippen molar-refractivity contribution >= 4 is 44.6 Å². The van der Waals surface area contributed by atoms with E-state index in [0.717, 1.165) is 0 Å². The average Bonchev–Trinajstić information content (AvgIpc) is 2.42. The minimum atomic E-state index is -3.78. The molecule has 3 N–H and O–H groups in total. The SMILES string of the molecule is COc1ccc(S(=O)(=O)Nc2ccc(N)c(Cl)c2)cc1Cl. The van der Waals surface area contributed by atoms with Crippen LogP contribution >= 0.6 is 23.2 Å². The zero-order valence-electron chi connectivity index (χ0n) is 10.9. The Kier molecular flexibility index (Phi) is 4.51. The highest BCUT2D eigenvalue weighted by Crippen LogP contribution is 2.29. The summed E-state index contributed by atoms with van der Waals surface area (Å²) in [6.45, 7) is 0. The molecular formula is C13H12Cl2N2O3S. The molecule has 0 spiro atoms. The van der Waals surface area contributed by atoms with Gasteiger partial charge in [0.2, 0.25) is 0 Å². The summed E-state index contributed by atoms with van der Waals surface area (Å²) in [4.78, 5) is 0.0150. The minimum Gasteiger partial charge on any atom is -0.495 e. The van der Waals surface area contributed by atoms with E-state index >= 15 is 0 Å². The molecular weight excluding hydrogens is 335 g/mol. The number of nitrogens with two attached hydrogens (primary N) is 1. The number of benzene rings is 2. The van der Waals surface area contributed by atoms with Gasteiger partial charge < -0.3 is 10.5 Å². The van der Waals surface area contributed by atoms with Gasteiger partial charge in [-0.2, -0.15) is 0 Å². The first kappa shape index (κ1) is 15.8. The number of nitrogen functional groups attached to an aromatic ring is 1. The Labute approximate surface area is 132 Å². The zero-order chi connectivity index (χ0) is 15.6. The number of rotatable bonds is 4. The van der Waals surface area contributed by atoms with Crippen LogP contribution in [0.15, 0.2) is 41.3 Å². The fourth-order valence-electron chi connectivity index (χ4n) is 1.62. The Morgan fingerprint density at radius 1 is 1.10 bits per heavy atom. The lowest BCUT2D eigenvalue weighted by Gasteiger charge is -2.10. The van der Waals surface area contributed by atoms with Crippen molar-refractivity contribution in [2.24, 2.45) is 0 Å². The topological polar surface area (TPSA) is 81.4 Å². The van der Waals surface area contributed by atoms with Gasteiger partial charge in [0.25, 0.3) is 10.0 Å². The van der Waals surface area contributed by atoms with Crippen LogP contribution in [0.5, 0.6) is 5.75 Å². The maximum atomic E-state index is 12.3. The van der Waals surface area contributed by atoms with Crippen LogP contribution in [0.1, 0.15) is 0 Å². The second-order valence-corrected chi connectivity index (χ2v) is 6.63.